The zero-order valence-corrected chi connectivity index (χ0v) is 17.4. The second-order valence-corrected chi connectivity index (χ2v) is 7.00. The molecular formula is C25H25N3O3. The van der Waals surface area contributed by atoms with Crippen LogP contribution in [0.15, 0.2) is 84.0 Å². The van der Waals surface area contributed by atoms with Gasteiger partial charge >= 0.3 is 0 Å². The van der Waals surface area contributed by atoms with Gasteiger partial charge in [0.1, 0.15) is 12.4 Å². The van der Waals surface area contributed by atoms with Gasteiger partial charge in [-0.1, -0.05) is 48.5 Å². The Kier molecular flexibility index (Phi) is 7.94. The number of hydrazone groups is 1. The standard InChI is InChI=1S/C25H25N3O3/c1-19-7-5-6-10-23(19)27-24(29)15-16-25(30)28-26-17-20-11-13-22(14-12-20)31-18-21-8-3-2-4-9-21/h2-14,17H,15-16,18H2,1H3,(H,27,29)(H,28,30)/b26-17-. The van der Waals surface area contributed by atoms with Crippen molar-refractivity contribution in [3.8, 4) is 5.75 Å². The molecule has 6 heteroatoms. The molecule has 0 aromatic heterocycles. The summed E-state index contributed by atoms with van der Waals surface area (Å²) >= 11 is 0. The van der Waals surface area contributed by atoms with E-state index in [4.69, 9.17) is 4.74 Å². The average Bonchev–Trinajstić information content (AvgIpc) is 2.79. The van der Waals surface area contributed by atoms with Crippen LogP contribution in [0.5, 0.6) is 5.75 Å². The zero-order valence-electron chi connectivity index (χ0n) is 17.4. The zero-order chi connectivity index (χ0) is 21.9. The van der Waals surface area contributed by atoms with Crippen LogP contribution in [0.2, 0.25) is 0 Å². The minimum absolute atomic E-state index is 0.0569. The van der Waals surface area contributed by atoms with Crippen LogP contribution < -0.4 is 15.5 Å². The van der Waals surface area contributed by atoms with Crippen LogP contribution in [-0.2, 0) is 16.2 Å². The first-order valence-electron chi connectivity index (χ1n) is 10.0. The smallest absolute Gasteiger partial charge is 0.240 e. The molecule has 0 atom stereocenters. The van der Waals surface area contributed by atoms with E-state index in [2.05, 4.69) is 15.8 Å². The number of hydrogen-bond acceptors (Lipinski definition) is 4. The lowest BCUT2D eigenvalue weighted by Gasteiger charge is -2.07. The van der Waals surface area contributed by atoms with E-state index in [-0.39, 0.29) is 24.7 Å². The van der Waals surface area contributed by atoms with Crippen molar-refractivity contribution in [3.05, 3.63) is 95.6 Å². The molecule has 0 aliphatic rings. The Morgan fingerprint density at radius 1 is 0.871 bits per heavy atom. The maximum atomic E-state index is 12.0. The lowest BCUT2D eigenvalue weighted by atomic mass is 10.2. The summed E-state index contributed by atoms with van der Waals surface area (Å²) in [5.41, 5.74) is 6.09. The summed E-state index contributed by atoms with van der Waals surface area (Å²) in [4.78, 5) is 23.9. The second-order valence-electron chi connectivity index (χ2n) is 7.00. The SMILES string of the molecule is Cc1ccccc1NC(=O)CCC(=O)N/N=C\c1ccc(OCc2ccccc2)cc1. The fourth-order valence-electron chi connectivity index (χ4n) is 2.78. The van der Waals surface area contributed by atoms with Gasteiger partial charge in [-0.15, -0.1) is 0 Å². The van der Waals surface area contributed by atoms with Crippen LogP contribution in [0.1, 0.15) is 29.5 Å². The minimum Gasteiger partial charge on any atom is -0.489 e. The van der Waals surface area contributed by atoms with Gasteiger partial charge in [-0.2, -0.15) is 5.10 Å². The quantitative estimate of drug-likeness (QED) is 0.400. The largest absolute Gasteiger partial charge is 0.489 e. The number of carbonyl (C=O) groups is 2. The lowest BCUT2D eigenvalue weighted by Crippen LogP contribution is -2.20. The highest BCUT2D eigenvalue weighted by Gasteiger charge is 2.07. The summed E-state index contributed by atoms with van der Waals surface area (Å²) in [5.74, 6) is 0.225. The Morgan fingerprint density at radius 3 is 2.29 bits per heavy atom. The number of ether oxygens (including phenoxy) is 1. The summed E-state index contributed by atoms with van der Waals surface area (Å²) in [6.45, 7) is 2.42. The number of benzene rings is 3. The normalized spacial score (nSPS) is 10.6. The number of nitrogens with zero attached hydrogens (tertiary/aromatic N) is 1. The number of nitrogens with one attached hydrogen (secondary N) is 2. The van der Waals surface area contributed by atoms with Crippen molar-refractivity contribution in [1.82, 2.24) is 5.43 Å². The third-order valence-corrected chi connectivity index (χ3v) is 4.53. The Morgan fingerprint density at radius 2 is 1.55 bits per heavy atom. The van der Waals surface area contributed by atoms with Gasteiger partial charge in [0, 0.05) is 18.5 Å². The van der Waals surface area contributed by atoms with Gasteiger partial charge in [0.05, 0.1) is 6.21 Å². The molecule has 0 aliphatic heterocycles. The fraction of sp³-hybridized carbons (Fsp3) is 0.160. The first kappa shape index (κ1) is 21.8. The minimum atomic E-state index is -0.320. The average molecular weight is 415 g/mol. The molecule has 0 saturated carbocycles. The molecule has 0 bridgehead atoms. The van der Waals surface area contributed by atoms with Gasteiger partial charge in [0.25, 0.3) is 0 Å². The van der Waals surface area contributed by atoms with E-state index in [1.165, 1.54) is 0 Å². The predicted molar refractivity (Wildman–Crippen MR) is 122 cm³/mol. The Balaban J connectivity index is 1.38. The monoisotopic (exact) mass is 415 g/mol. The molecule has 0 radical (unpaired) electrons. The molecule has 0 saturated heterocycles. The van der Waals surface area contributed by atoms with Crippen molar-refractivity contribution >= 4 is 23.7 Å². The maximum absolute atomic E-state index is 12.0. The second kappa shape index (κ2) is 11.3. The molecule has 0 fully saturated rings. The molecular weight excluding hydrogens is 390 g/mol. The van der Waals surface area contributed by atoms with Crippen molar-refractivity contribution in [1.29, 1.82) is 0 Å². The summed E-state index contributed by atoms with van der Waals surface area (Å²) in [5, 5.41) is 6.75. The topological polar surface area (TPSA) is 79.8 Å². The Bertz CT molecular complexity index is 1030. The molecule has 158 valence electrons. The van der Waals surface area contributed by atoms with Gasteiger partial charge in [-0.05, 0) is 53.9 Å². The first-order chi connectivity index (χ1) is 15.1. The van der Waals surface area contributed by atoms with Crippen molar-refractivity contribution < 1.29 is 14.3 Å². The molecule has 3 aromatic rings. The fourth-order valence-corrected chi connectivity index (χ4v) is 2.78. The van der Waals surface area contributed by atoms with Crippen LogP contribution in [0.3, 0.4) is 0 Å². The first-order valence-corrected chi connectivity index (χ1v) is 10.0. The highest BCUT2D eigenvalue weighted by Crippen LogP contribution is 2.14. The van der Waals surface area contributed by atoms with Crippen molar-refractivity contribution in [3.63, 3.8) is 0 Å². The third-order valence-electron chi connectivity index (χ3n) is 4.53. The molecule has 3 rings (SSSR count). The van der Waals surface area contributed by atoms with E-state index in [0.717, 1.165) is 28.1 Å². The van der Waals surface area contributed by atoms with E-state index in [9.17, 15) is 9.59 Å². The van der Waals surface area contributed by atoms with Crippen LogP contribution in [-0.4, -0.2) is 18.0 Å². The summed E-state index contributed by atoms with van der Waals surface area (Å²) in [7, 11) is 0. The number of amides is 2. The predicted octanol–water partition coefficient (Wildman–Crippen LogP) is 4.44. The molecule has 0 heterocycles. The molecule has 6 nitrogen and oxygen atoms in total. The number of rotatable bonds is 9. The Hall–Kier alpha value is -3.93. The summed E-state index contributed by atoms with van der Waals surface area (Å²) < 4.78 is 5.74. The molecule has 31 heavy (non-hydrogen) atoms. The van der Waals surface area contributed by atoms with Gasteiger partial charge < -0.3 is 10.1 Å². The van der Waals surface area contributed by atoms with Crippen molar-refractivity contribution in [2.45, 2.75) is 26.4 Å². The molecule has 0 spiro atoms. The van der Waals surface area contributed by atoms with Gasteiger partial charge in [0.2, 0.25) is 11.8 Å². The van der Waals surface area contributed by atoms with E-state index in [0.29, 0.717) is 6.61 Å². The number of para-hydroxylation sites is 1. The maximum Gasteiger partial charge on any atom is 0.240 e. The van der Waals surface area contributed by atoms with Crippen molar-refractivity contribution in [2.24, 2.45) is 5.10 Å². The molecule has 2 amide bonds. The summed E-state index contributed by atoms with van der Waals surface area (Å²) in [6, 6.07) is 24.8. The van der Waals surface area contributed by atoms with Gasteiger partial charge in [0.15, 0.2) is 0 Å². The number of carbonyl (C=O) groups excluding carboxylic acids is 2. The summed E-state index contributed by atoms with van der Waals surface area (Å²) in [6.07, 6.45) is 1.69. The van der Waals surface area contributed by atoms with Crippen LogP contribution >= 0.6 is 0 Å². The third kappa shape index (κ3) is 7.44. The van der Waals surface area contributed by atoms with E-state index >= 15 is 0 Å². The van der Waals surface area contributed by atoms with E-state index < -0.39 is 0 Å². The Labute approximate surface area is 182 Å². The lowest BCUT2D eigenvalue weighted by molar-refractivity contribution is -0.124. The number of hydrogen-bond donors (Lipinski definition) is 2. The van der Waals surface area contributed by atoms with Crippen molar-refractivity contribution in [2.75, 3.05) is 5.32 Å². The molecule has 3 aromatic carbocycles. The van der Waals surface area contributed by atoms with Crippen LogP contribution in [0.25, 0.3) is 0 Å². The highest BCUT2D eigenvalue weighted by molar-refractivity contribution is 5.94. The highest BCUT2D eigenvalue weighted by atomic mass is 16.5. The van der Waals surface area contributed by atoms with Crippen LogP contribution in [0.4, 0.5) is 5.69 Å². The van der Waals surface area contributed by atoms with Gasteiger partial charge in [-0.3, -0.25) is 9.59 Å². The van der Waals surface area contributed by atoms with E-state index in [1.807, 2.05) is 85.8 Å². The molecule has 0 unspecified atom stereocenters. The van der Waals surface area contributed by atoms with E-state index in [1.54, 1.807) is 6.21 Å². The molecule has 2 N–H and O–H groups in total. The molecule has 0 aliphatic carbocycles. The number of aryl methyl sites for hydroxylation is 1. The van der Waals surface area contributed by atoms with Gasteiger partial charge in [-0.25, -0.2) is 5.43 Å². The number of anilines is 1. The van der Waals surface area contributed by atoms with Crippen LogP contribution in [0, 0.1) is 6.92 Å².